The quantitative estimate of drug-likeness (QED) is 0.895. The van der Waals surface area contributed by atoms with E-state index in [0.717, 1.165) is 18.3 Å². The summed E-state index contributed by atoms with van der Waals surface area (Å²) in [4.78, 5) is 2.65. The Labute approximate surface area is 112 Å². The van der Waals surface area contributed by atoms with E-state index in [-0.39, 0.29) is 0 Å². The van der Waals surface area contributed by atoms with Gasteiger partial charge in [-0.2, -0.15) is 15.4 Å². The molecule has 1 aliphatic heterocycles. The van der Waals surface area contributed by atoms with Gasteiger partial charge in [0.15, 0.2) is 0 Å². The molecule has 2 aliphatic rings. The van der Waals surface area contributed by atoms with E-state index in [4.69, 9.17) is 0 Å². The summed E-state index contributed by atoms with van der Waals surface area (Å²) >= 11 is 0. The van der Waals surface area contributed by atoms with Crippen LogP contribution in [0.2, 0.25) is 0 Å². The van der Waals surface area contributed by atoms with Gasteiger partial charge in [0.25, 0.3) is 0 Å². The van der Waals surface area contributed by atoms with Crippen molar-refractivity contribution < 1.29 is 0 Å². The maximum Gasteiger partial charge on any atom is 0.112 e. The molecule has 4 rings (SSSR count). The van der Waals surface area contributed by atoms with Crippen LogP contribution < -0.4 is 0 Å². The number of nitrogens with zero attached hydrogens (tertiary/aromatic N) is 3. The van der Waals surface area contributed by atoms with Gasteiger partial charge >= 0.3 is 0 Å². The summed E-state index contributed by atoms with van der Waals surface area (Å²) in [5, 5.41) is 10.7. The van der Waals surface area contributed by atoms with Crippen molar-refractivity contribution in [3.8, 4) is 11.3 Å². The molecule has 1 aromatic carbocycles. The molecule has 4 heteroatoms. The Morgan fingerprint density at radius 2 is 2.16 bits per heavy atom. The number of nitrogens with one attached hydrogen (secondary N) is 1. The van der Waals surface area contributed by atoms with Gasteiger partial charge in [-0.25, -0.2) is 0 Å². The van der Waals surface area contributed by atoms with E-state index >= 15 is 0 Å². The largest absolute Gasteiger partial charge is 0.296 e. The normalized spacial score (nSPS) is 20.0. The van der Waals surface area contributed by atoms with E-state index in [2.05, 4.69) is 38.5 Å². The third-order valence-electron chi connectivity index (χ3n) is 4.55. The number of rotatable bonds is 2. The van der Waals surface area contributed by atoms with E-state index in [1.165, 1.54) is 48.9 Å². The second-order valence-corrected chi connectivity index (χ2v) is 5.64. The fourth-order valence-corrected chi connectivity index (χ4v) is 3.14. The van der Waals surface area contributed by atoms with Gasteiger partial charge in [0.2, 0.25) is 0 Å². The molecule has 1 N–H and O–H groups in total. The number of benzene rings is 1. The Morgan fingerprint density at radius 1 is 1.21 bits per heavy atom. The van der Waals surface area contributed by atoms with E-state index in [1.807, 2.05) is 0 Å². The zero-order valence-corrected chi connectivity index (χ0v) is 11.0. The lowest BCUT2D eigenvalue weighted by molar-refractivity contribution is 0.113. The first-order valence-corrected chi connectivity index (χ1v) is 7.12. The molecule has 98 valence electrons. The van der Waals surface area contributed by atoms with Crippen molar-refractivity contribution >= 4 is 0 Å². The molecule has 0 bridgehead atoms. The zero-order valence-electron chi connectivity index (χ0n) is 11.0. The van der Waals surface area contributed by atoms with Crippen molar-refractivity contribution in [3.63, 3.8) is 0 Å². The minimum absolute atomic E-state index is 0.837. The smallest absolute Gasteiger partial charge is 0.112 e. The fourth-order valence-electron chi connectivity index (χ4n) is 3.14. The van der Waals surface area contributed by atoms with Crippen molar-refractivity contribution in [2.24, 2.45) is 0 Å². The SMILES string of the molecule is c1cc2c(cc1-c1cn[nH]n1)CN(C1CCC1)CC2. The molecule has 0 saturated heterocycles. The number of H-pyrrole nitrogens is 1. The number of fused-ring (bicyclic) bond motifs is 1. The predicted octanol–water partition coefficient (Wildman–Crippen LogP) is 2.38. The average Bonchev–Trinajstić information content (AvgIpc) is 2.90. The van der Waals surface area contributed by atoms with Crippen molar-refractivity contribution in [3.05, 3.63) is 35.5 Å². The second kappa shape index (κ2) is 4.46. The standard InChI is InChI=1S/C15H18N4/c1-2-14(3-1)19-7-6-11-4-5-12(8-13(11)10-19)15-9-16-18-17-15/h4-5,8-9,14H,1-3,6-7,10H2,(H,16,17,18). The van der Waals surface area contributed by atoms with Crippen LogP contribution in [0.3, 0.4) is 0 Å². The topological polar surface area (TPSA) is 44.8 Å². The van der Waals surface area contributed by atoms with Crippen LogP contribution in [-0.4, -0.2) is 32.9 Å². The number of hydrogen-bond acceptors (Lipinski definition) is 3. The summed E-state index contributed by atoms with van der Waals surface area (Å²) in [5.41, 5.74) is 5.08. The first-order chi connectivity index (χ1) is 9.40. The summed E-state index contributed by atoms with van der Waals surface area (Å²) in [7, 11) is 0. The summed E-state index contributed by atoms with van der Waals surface area (Å²) in [6.07, 6.45) is 7.16. The molecule has 1 aliphatic carbocycles. The lowest BCUT2D eigenvalue weighted by Crippen LogP contribution is -2.42. The minimum atomic E-state index is 0.837. The zero-order chi connectivity index (χ0) is 12.7. The van der Waals surface area contributed by atoms with Gasteiger partial charge in [-0.1, -0.05) is 18.6 Å². The van der Waals surface area contributed by atoms with Crippen LogP contribution in [0.25, 0.3) is 11.3 Å². The Morgan fingerprint density at radius 3 is 2.89 bits per heavy atom. The molecule has 0 amide bonds. The monoisotopic (exact) mass is 254 g/mol. The molecule has 1 fully saturated rings. The number of aromatic nitrogens is 3. The Bertz CT molecular complexity index is 572. The molecule has 0 atom stereocenters. The highest BCUT2D eigenvalue weighted by atomic mass is 15.3. The van der Waals surface area contributed by atoms with Crippen LogP contribution in [0, 0.1) is 0 Å². The molecule has 4 nitrogen and oxygen atoms in total. The van der Waals surface area contributed by atoms with Gasteiger partial charge in [0.05, 0.1) is 6.20 Å². The van der Waals surface area contributed by atoms with Crippen molar-refractivity contribution in [2.75, 3.05) is 6.54 Å². The van der Waals surface area contributed by atoms with Crippen LogP contribution in [0.4, 0.5) is 0 Å². The maximum atomic E-state index is 4.17. The summed E-state index contributed by atoms with van der Waals surface area (Å²) in [6, 6.07) is 7.55. The van der Waals surface area contributed by atoms with E-state index in [1.54, 1.807) is 6.20 Å². The molecule has 1 saturated carbocycles. The predicted molar refractivity (Wildman–Crippen MR) is 73.6 cm³/mol. The Kier molecular flexibility index (Phi) is 2.62. The van der Waals surface area contributed by atoms with Crippen LogP contribution in [0.15, 0.2) is 24.4 Å². The third-order valence-corrected chi connectivity index (χ3v) is 4.55. The van der Waals surface area contributed by atoms with E-state index in [0.29, 0.717) is 0 Å². The highest BCUT2D eigenvalue weighted by Gasteiger charge is 2.27. The molecule has 0 unspecified atom stereocenters. The first-order valence-electron chi connectivity index (χ1n) is 7.12. The minimum Gasteiger partial charge on any atom is -0.296 e. The van der Waals surface area contributed by atoms with Crippen LogP contribution >= 0.6 is 0 Å². The van der Waals surface area contributed by atoms with Crippen LogP contribution in [-0.2, 0) is 13.0 Å². The molecule has 2 heterocycles. The van der Waals surface area contributed by atoms with Crippen molar-refractivity contribution in [2.45, 2.75) is 38.3 Å². The second-order valence-electron chi connectivity index (χ2n) is 5.64. The Hall–Kier alpha value is -1.68. The van der Waals surface area contributed by atoms with Gasteiger partial charge in [-0.05, 0) is 36.5 Å². The van der Waals surface area contributed by atoms with Gasteiger partial charge in [0, 0.05) is 24.7 Å². The molecular formula is C15H18N4. The first kappa shape index (κ1) is 11.2. The summed E-state index contributed by atoms with van der Waals surface area (Å²) < 4.78 is 0. The summed E-state index contributed by atoms with van der Waals surface area (Å²) in [5.74, 6) is 0. The van der Waals surface area contributed by atoms with Crippen molar-refractivity contribution in [1.29, 1.82) is 0 Å². The third kappa shape index (κ3) is 1.96. The molecule has 0 radical (unpaired) electrons. The summed E-state index contributed by atoms with van der Waals surface area (Å²) in [6.45, 7) is 2.33. The molecular weight excluding hydrogens is 236 g/mol. The van der Waals surface area contributed by atoms with Gasteiger partial charge in [-0.3, -0.25) is 4.90 Å². The van der Waals surface area contributed by atoms with Crippen LogP contribution in [0.1, 0.15) is 30.4 Å². The maximum absolute atomic E-state index is 4.17. The number of aromatic amines is 1. The van der Waals surface area contributed by atoms with Crippen molar-refractivity contribution in [1.82, 2.24) is 20.3 Å². The molecule has 2 aromatic rings. The molecule has 19 heavy (non-hydrogen) atoms. The fraction of sp³-hybridized carbons (Fsp3) is 0.467. The highest BCUT2D eigenvalue weighted by molar-refractivity contribution is 5.60. The molecule has 1 aromatic heterocycles. The van der Waals surface area contributed by atoms with Gasteiger partial charge in [0.1, 0.15) is 5.69 Å². The highest BCUT2D eigenvalue weighted by Crippen LogP contribution is 2.31. The van der Waals surface area contributed by atoms with Crippen LogP contribution in [0.5, 0.6) is 0 Å². The van der Waals surface area contributed by atoms with E-state index < -0.39 is 0 Å². The lowest BCUT2D eigenvalue weighted by Gasteiger charge is -2.40. The number of hydrogen-bond donors (Lipinski definition) is 1. The van der Waals surface area contributed by atoms with Gasteiger partial charge < -0.3 is 0 Å². The lowest BCUT2D eigenvalue weighted by atomic mass is 9.88. The Balaban J connectivity index is 1.63. The average molecular weight is 254 g/mol. The van der Waals surface area contributed by atoms with E-state index in [9.17, 15) is 0 Å². The van der Waals surface area contributed by atoms with Gasteiger partial charge in [-0.15, -0.1) is 0 Å². The molecule has 0 spiro atoms.